The molecule has 1 atom stereocenters. The number of amides is 1. The van der Waals surface area contributed by atoms with Gasteiger partial charge in [0.05, 0.1) is 17.6 Å². The quantitative estimate of drug-likeness (QED) is 0.875. The van der Waals surface area contributed by atoms with E-state index in [1.54, 1.807) is 7.11 Å². The fraction of sp³-hybridized carbons (Fsp3) is 0.500. The van der Waals surface area contributed by atoms with E-state index < -0.39 is 0 Å². The van der Waals surface area contributed by atoms with Gasteiger partial charge in [0.15, 0.2) is 0 Å². The summed E-state index contributed by atoms with van der Waals surface area (Å²) in [4.78, 5) is 14.5. The molecule has 0 radical (unpaired) electrons. The molecule has 0 saturated carbocycles. The van der Waals surface area contributed by atoms with Gasteiger partial charge < -0.3 is 15.4 Å². The fourth-order valence-corrected chi connectivity index (χ4v) is 2.63. The van der Waals surface area contributed by atoms with Crippen LogP contribution in [0.5, 0.6) is 5.75 Å². The molecule has 1 aromatic carbocycles. The van der Waals surface area contributed by atoms with E-state index in [9.17, 15) is 4.79 Å². The lowest BCUT2D eigenvalue weighted by atomic mass is 10.2. The third-order valence-corrected chi connectivity index (χ3v) is 4.15. The highest BCUT2D eigenvalue weighted by Crippen LogP contribution is 2.27. The van der Waals surface area contributed by atoms with Crippen LogP contribution in [0.4, 0.5) is 5.69 Å². The summed E-state index contributed by atoms with van der Waals surface area (Å²) in [6.07, 6.45) is 0. The highest BCUT2D eigenvalue weighted by Gasteiger charge is 2.22. The topological polar surface area (TPSA) is 53.6 Å². The van der Waals surface area contributed by atoms with Crippen molar-refractivity contribution in [2.75, 3.05) is 38.6 Å². The van der Waals surface area contributed by atoms with Crippen molar-refractivity contribution in [1.82, 2.24) is 10.2 Å². The Hall–Kier alpha value is -1.11. The Labute approximate surface area is 127 Å². The van der Waals surface area contributed by atoms with Gasteiger partial charge in [-0.1, -0.05) is 0 Å². The van der Waals surface area contributed by atoms with Crippen LogP contribution in [0.1, 0.15) is 6.92 Å². The molecule has 1 aliphatic rings. The van der Waals surface area contributed by atoms with Gasteiger partial charge in [-0.25, -0.2) is 0 Å². The first kappa shape index (κ1) is 15.3. The molecule has 1 aliphatic heterocycles. The average molecular weight is 342 g/mol. The van der Waals surface area contributed by atoms with Crippen LogP contribution in [0.15, 0.2) is 22.7 Å². The molecule has 2 rings (SSSR count). The molecule has 20 heavy (non-hydrogen) atoms. The van der Waals surface area contributed by atoms with Crippen LogP contribution >= 0.6 is 15.9 Å². The zero-order chi connectivity index (χ0) is 14.5. The van der Waals surface area contributed by atoms with E-state index in [-0.39, 0.29) is 11.9 Å². The zero-order valence-electron chi connectivity index (χ0n) is 11.8. The van der Waals surface area contributed by atoms with Crippen LogP contribution in [-0.4, -0.2) is 50.1 Å². The number of anilines is 1. The second-order valence-corrected chi connectivity index (χ2v) is 5.65. The minimum absolute atomic E-state index is 0.0104. The summed E-state index contributed by atoms with van der Waals surface area (Å²) < 4.78 is 6.10. The molecule has 110 valence electrons. The molecule has 1 saturated heterocycles. The van der Waals surface area contributed by atoms with Gasteiger partial charge in [-0.15, -0.1) is 0 Å². The zero-order valence-corrected chi connectivity index (χ0v) is 13.4. The van der Waals surface area contributed by atoms with Gasteiger partial charge in [0, 0.05) is 37.9 Å². The van der Waals surface area contributed by atoms with Crippen molar-refractivity contribution in [1.29, 1.82) is 0 Å². The molecular weight excluding hydrogens is 322 g/mol. The first-order chi connectivity index (χ1) is 9.61. The number of hydrogen-bond donors (Lipinski definition) is 2. The number of halogens is 1. The van der Waals surface area contributed by atoms with Crippen molar-refractivity contribution in [3.05, 3.63) is 22.7 Å². The summed E-state index contributed by atoms with van der Waals surface area (Å²) in [5, 5.41) is 6.22. The Balaban J connectivity index is 1.99. The maximum Gasteiger partial charge on any atom is 0.241 e. The average Bonchev–Trinajstić information content (AvgIpc) is 2.49. The van der Waals surface area contributed by atoms with Crippen LogP contribution in [0.2, 0.25) is 0 Å². The van der Waals surface area contributed by atoms with Crippen molar-refractivity contribution in [2.24, 2.45) is 0 Å². The molecule has 0 spiro atoms. The maximum absolute atomic E-state index is 12.3. The van der Waals surface area contributed by atoms with E-state index in [1.807, 2.05) is 25.1 Å². The van der Waals surface area contributed by atoms with Crippen molar-refractivity contribution in [3.63, 3.8) is 0 Å². The van der Waals surface area contributed by atoms with Crippen molar-refractivity contribution in [2.45, 2.75) is 13.0 Å². The number of rotatable bonds is 4. The second kappa shape index (κ2) is 7.06. The molecule has 1 unspecified atom stereocenters. The van der Waals surface area contributed by atoms with Gasteiger partial charge in [0.25, 0.3) is 0 Å². The van der Waals surface area contributed by atoms with Crippen molar-refractivity contribution in [3.8, 4) is 5.75 Å². The number of methoxy groups -OCH3 is 1. The van der Waals surface area contributed by atoms with E-state index in [0.29, 0.717) is 5.75 Å². The lowest BCUT2D eigenvalue weighted by molar-refractivity contribution is -0.120. The summed E-state index contributed by atoms with van der Waals surface area (Å²) in [6, 6.07) is 5.40. The molecule has 0 bridgehead atoms. The molecule has 1 fully saturated rings. The van der Waals surface area contributed by atoms with Crippen LogP contribution < -0.4 is 15.4 Å². The van der Waals surface area contributed by atoms with Gasteiger partial charge in [-0.3, -0.25) is 9.69 Å². The third-order valence-electron chi connectivity index (χ3n) is 3.50. The second-order valence-electron chi connectivity index (χ2n) is 4.80. The van der Waals surface area contributed by atoms with Gasteiger partial charge >= 0.3 is 0 Å². The molecular formula is C14H20BrN3O2. The molecule has 1 amide bonds. The first-order valence-corrected chi connectivity index (χ1v) is 7.50. The summed E-state index contributed by atoms with van der Waals surface area (Å²) in [7, 11) is 1.61. The number of nitrogens with zero attached hydrogens (tertiary/aromatic N) is 1. The molecule has 0 aromatic heterocycles. The summed E-state index contributed by atoms with van der Waals surface area (Å²) in [5.74, 6) is 0.717. The SMILES string of the molecule is COc1cc(NC(=O)C(C)N2CCNCC2)ccc1Br. The number of piperazine rings is 1. The minimum Gasteiger partial charge on any atom is -0.495 e. The molecule has 0 aliphatic carbocycles. The Morgan fingerprint density at radius 2 is 2.15 bits per heavy atom. The number of benzene rings is 1. The van der Waals surface area contributed by atoms with Crippen LogP contribution in [0.25, 0.3) is 0 Å². The normalized spacial score (nSPS) is 17.6. The lowest BCUT2D eigenvalue weighted by Gasteiger charge is -2.31. The van der Waals surface area contributed by atoms with Gasteiger partial charge in [-0.05, 0) is 35.0 Å². The highest BCUT2D eigenvalue weighted by atomic mass is 79.9. The Kier molecular flexibility index (Phi) is 5.39. The summed E-state index contributed by atoms with van der Waals surface area (Å²) in [6.45, 7) is 5.61. The van der Waals surface area contributed by atoms with E-state index in [0.717, 1.165) is 36.3 Å². The van der Waals surface area contributed by atoms with Crippen molar-refractivity contribution < 1.29 is 9.53 Å². The number of nitrogens with one attached hydrogen (secondary N) is 2. The highest BCUT2D eigenvalue weighted by molar-refractivity contribution is 9.10. The standard InChI is InChI=1S/C14H20BrN3O2/c1-10(18-7-5-16-6-8-18)14(19)17-11-3-4-12(15)13(9-11)20-2/h3-4,9-10,16H,5-8H2,1-2H3,(H,17,19). The minimum atomic E-state index is -0.133. The smallest absolute Gasteiger partial charge is 0.241 e. The fourth-order valence-electron chi connectivity index (χ4n) is 2.22. The number of hydrogen-bond acceptors (Lipinski definition) is 4. The molecule has 2 N–H and O–H groups in total. The monoisotopic (exact) mass is 341 g/mol. The number of ether oxygens (including phenoxy) is 1. The molecule has 1 heterocycles. The Morgan fingerprint density at radius 1 is 1.45 bits per heavy atom. The number of carbonyl (C=O) groups is 1. The third kappa shape index (κ3) is 3.71. The van der Waals surface area contributed by atoms with Gasteiger partial charge in [-0.2, -0.15) is 0 Å². The van der Waals surface area contributed by atoms with E-state index in [2.05, 4.69) is 31.5 Å². The number of carbonyl (C=O) groups excluding carboxylic acids is 1. The van der Waals surface area contributed by atoms with Crippen LogP contribution in [-0.2, 0) is 4.79 Å². The maximum atomic E-state index is 12.3. The van der Waals surface area contributed by atoms with Crippen LogP contribution in [0, 0.1) is 0 Å². The van der Waals surface area contributed by atoms with Gasteiger partial charge in [0.2, 0.25) is 5.91 Å². The Bertz CT molecular complexity index is 475. The summed E-state index contributed by atoms with van der Waals surface area (Å²) >= 11 is 3.40. The first-order valence-electron chi connectivity index (χ1n) is 6.71. The van der Waals surface area contributed by atoms with E-state index >= 15 is 0 Å². The Morgan fingerprint density at radius 3 is 2.80 bits per heavy atom. The largest absolute Gasteiger partial charge is 0.495 e. The molecule has 6 heteroatoms. The lowest BCUT2D eigenvalue weighted by Crippen LogP contribution is -2.51. The van der Waals surface area contributed by atoms with E-state index in [4.69, 9.17) is 4.74 Å². The van der Waals surface area contributed by atoms with Crippen molar-refractivity contribution >= 4 is 27.5 Å². The predicted molar refractivity (Wildman–Crippen MR) is 83.2 cm³/mol. The predicted octanol–water partition coefficient (Wildman–Crippen LogP) is 1.69. The molecule has 1 aromatic rings. The molecule has 5 nitrogen and oxygen atoms in total. The van der Waals surface area contributed by atoms with Gasteiger partial charge in [0.1, 0.15) is 5.75 Å². The summed E-state index contributed by atoms with van der Waals surface area (Å²) in [5.41, 5.74) is 0.747. The van der Waals surface area contributed by atoms with Crippen LogP contribution in [0.3, 0.4) is 0 Å². The van der Waals surface area contributed by atoms with E-state index in [1.165, 1.54) is 0 Å².